The van der Waals surface area contributed by atoms with Crippen LogP contribution in [0.25, 0.3) is 0 Å². The van der Waals surface area contributed by atoms with E-state index in [2.05, 4.69) is 15.3 Å². The van der Waals surface area contributed by atoms with Crippen LogP contribution in [-0.4, -0.2) is 26.2 Å². The number of aromatic nitrogens is 2. The molecule has 15 heavy (non-hydrogen) atoms. The summed E-state index contributed by atoms with van der Waals surface area (Å²) in [5, 5.41) is 13.3. The molecular weight excluding hydrogens is 190 g/mol. The molecule has 0 aliphatic rings. The Morgan fingerprint density at radius 2 is 2.00 bits per heavy atom. The molecule has 0 radical (unpaired) electrons. The van der Waals surface area contributed by atoms with Gasteiger partial charge in [0.05, 0.1) is 17.6 Å². The minimum atomic E-state index is -0.767. The first-order valence-electron chi connectivity index (χ1n) is 5.20. The lowest BCUT2D eigenvalue weighted by molar-refractivity contribution is -0.00546. The highest BCUT2D eigenvalue weighted by atomic mass is 16.3. The van der Waals surface area contributed by atoms with Gasteiger partial charge in [-0.15, -0.1) is 0 Å². The average Bonchev–Trinajstić information content (AvgIpc) is 2.46. The fourth-order valence-corrected chi connectivity index (χ4v) is 1.09. The first-order valence-corrected chi connectivity index (χ1v) is 5.20. The van der Waals surface area contributed by atoms with Crippen molar-refractivity contribution in [3.8, 4) is 0 Å². The van der Waals surface area contributed by atoms with E-state index in [9.17, 15) is 5.11 Å². The maximum absolute atomic E-state index is 9.95. The molecule has 0 saturated carbocycles. The Kier molecular flexibility index (Phi) is 3.21. The smallest absolute Gasteiger partial charge is 0.0925 e. The molecule has 0 spiro atoms. The number of nitrogens with one attached hydrogen (secondary N) is 2. The van der Waals surface area contributed by atoms with Gasteiger partial charge >= 0.3 is 0 Å². The van der Waals surface area contributed by atoms with Crippen molar-refractivity contribution in [2.75, 3.05) is 0 Å². The van der Waals surface area contributed by atoms with Gasteiger partial charge in [-0.3, -0.25) is 0 Å². The van der Waals surface area contributed by atoms with Crippen molar-refractivity contribution in [1.82, 2.24) is 15.3 Å². The summed E-state index contributed by atoms with van der Waals surface area (Å²) in [6.45, 7) is 10.2. The number of imidazole rings is 1. The van der Waals surface area contributed by atoms with Crippen LogP contribution >= 0.6 is 0 Å². The topological polar surface area (TPSA) is 60.9 Å². The highest BCUT2D eigenvalue weighted by Crippen LogP contribution is 2.20. The van der Waals surface area contributed by atoms with Crippen molar-refractivity contribution in [3.63, 3.8) is 0 Å². The van der Waals surface area contributed by atoms with Crippen LogP contribution in [0.2, 0.25) is 0 Å². The van der Waals surface area contributed by atoms with Gasteiger partial charge in [-0.25, -0.2) is 4.98 Å². The van der Waals surface area contributed by atoms with Crippen LogP contribution in [0, 0.1) is 6.92 Å². The summed E-state index contributed by atoms with van der Waals surface area (Å²) in [6.07, 6.45) is 1.68. The summed E-state index contributed by atoms with van der Waals surface area (Å²) in [7, 11) is 0. The molecule has 1 rings (SSSR count). The molecule has 0 aliphatic heterocycles. The van der Waals surface area contributed by atoms with Gasteiger partial charge in [0.2, 0.25) is 0 Å². The highest BCUT2D eigenvalue weighted by molar-refractivity contribution is 5.09. The van der Waals surface area contributed by atoms with E-state index in [1.54, 1.807) is 20.2 Å². The van der Waals surface area contributed by atoms with Gasteiger partial charge in [-0.1, -0.05) is 0 Å². The molecule has 0 aliphatic carbocycles. The summed E-state index contributed by atoms with van der Waals surface area (Å²) < 4.78 is 0. The number of rotatable bonds is 4. The molecule has 0 fully saturated rings. The molecule has 4 heteroatoms. The molecule has 86 valence electrons. The fraction of sp³-hybridized carbons (Fsp3) is 0.727. The van der Waals surface area contributed by atoms with Crippen molar-refractivity contribution in [2.24, 2.45) is 0 Å². The number of aromatic amines is 1. The highest BCUT2D eigenvalue weighted by Gasteiger charge is 2.34. The van der Waals surface area contributed by atoms with Crippen LogP contribution in [0.3, 0.4) is 0 Å². The maximum Gasteiger partial charge on any atom is 0.0925 e. The summed E-state index contributed by atoms with van der Waals surface area (Å²) in [5.41, 5.74) is 0.941. The van der Waals surface area contributed by atoms with E-state index in [1.807, 2.05) is 20.8 Å². The first-order chi connectivity index (χ1) is 6.74. The largest absolute Gasteiger partial charge is 0.389 e. The van der Waals surface area contributed by atoms with Gasteiger partial charge < -0.3 is 15.4 Å². The second kappa shape index (κ2) is 3.94. The van der Waals surface area contributed by atoms with Gasteiger partial charge in [0, 0.05) is 17.8 Å². The van der Waals surface area contributed by atoms with Crippen LogP contribution in [-0.2, 0) is 6.54 Å². The zero-order chi connectivity index (χ0) is 11.7. The van der Waals surface area contributed by atoms with Crippen molar-refractivity contribution in [3.05, 3.63) is 17.7 Å². The van der Waals surface area contributed by atoms with E-state index in [0.29, 0.717) is 6.54 Å². The number of hydrogen-bond acceptors (Lipinski definition) is 3. The van der Waals surface area contributed by atoms with Crippen LogP contribution in [0.5, 0.6) is 0 Å². The lowest BCUT2D eigenvalue weighted by Gasteiger charge is -2.38. The Labute approximate surface area is 91.1 Å². The molecule has 0 bridgehead atoms. The normalized spacial score (nSPS) is 13.2. The lowest BCUT2D eigenvalue weighted by Crippen LogP contribution is -2.55. The van der Waals surface area contributed by atoms with E-state index in [1.165, 1.54) is 0 Å². The summed E-state index contributed by atoms with van der Waals surface area (Å²) in [6, 6.07) is 0. The number of aryl methyl sites for hydroxylation is 1. The SMILES string of the molecule is Cc1[nH]cnc1CNC(C)(C)C(C)(C)O. The molecule has 1 aromatic heterocycles. The zero-order valence-electron chi connectivity index (χ0n) is 10.2. The van der Waals surface area contributed by atoms with E-state index < -0.39 is 5.60 Å². The van der Waals surface area contributed by atoms with Crippen LogP contribution in [0.4, 0.5) is 0 Å². The van der Waals surface area contributed by atoms with Crippen LogP contribution in [0.15, 0.2) is 6.33 Å². The molecular formula is C11H21N3O. The Balaban J connectivity index is 2.61. The minimum absolute atomic E-state index is 0.349. The number of hydrogen-bond donors (Lipinski definition) is 3. The van der Waals surface area contributed by atoms with E-state index in [0.717, 1.165) is 11.4 Å². The van der Waals surface area contributed by atoms with Crippen molar-refractivity contribution in [2.45, 2.75) is 52.3 Å². The molecule has 1 aromatic rings. The van der Waals surface area contributed by atoms with Crippen LogP contribution in [0.1, 0.15) is 39.1 Å². The van der Waals surface area contributed by atoms with Gasteiger partial charge in [0.25, 0.3) is 0 Å². The Morgan fingerprint density at radius 1 is 1.40 bits per heavy atom. The second-order valence-electron chi connectivity index (χ2n) is 5.01. The van der Waals surface area contributed by atoms with Crippen molar-refractivity contribution < 1.29 is 5.11 Å². The average molecular weight is 211 g/mol. The van der Waals surface area contributed by atoms with Gasteiger partial charge in [-0.05, 0) is 34.6 Å². The third-order valence-corrected chi connectivity index (χ3v) is 3.16. The molecule has 3 N–H and O–H groups in total. The first kappa shape index (κ1) is 12.2. The monoisotopic (exact) mass is 211 g/mol. The Hall–Kier alpha value is -0.870. The molecule has 4 nitrogen and oxygen atoms in total. The molecule has 1 heterocycles. The molecule has 0 amide bonds. The number of aliphatic hydroxyl groups is 1. The van der Waals surface area contributed by atoms with Crippen LogP contribution < -0.4 is 5.32 Å². The molecule has 0 aromatic carbocycles. The number of H-pyrrole nitrogens is 1. The van der Waals surface area contributed by atoms with E-state index in [-0.39, 0.29) is 5.54 Å². The van der Waals surface area contributed by atoms with Crippen molar-refractivity contribution >= 4 is 0 Å². The molecule has 0 saturated heterocycles. The lowest BCUT2D eigenvalue weighted by atomic mass is 9.86. The van der Waals surface area contributed by atoms with E-state index in [4.69, 9.17) is 0 Å². The summed E-state index contributed by atoms with van der Waals surface area (Å²) >= 11 is 0. The summed E-state index contributed by atoms with van der Waals surface area (Å²) in [5.74, 6) is 0. The Morgan fingerprint density at radius 3 is 2.40 bits per heavy atom. The third-order valence-electron chi connectivity index (χ3n) is 3.16. The standard InChI is InChI=1S/C11H21N3O/c1-8-9(13-7-12-8)6-14-10(2,3)11(4,5)15/h7,14-15H,6H2,1-5H3,(H,12,13). The molecule has 0 unspecified atom stereocenters. The number of nitrogens with zero attached hydrogens (tertiary/aromatic N) is 1. The van der Waals surface area contributed by atoms with Gasteiger partial charge in [0.15, 0.2) is 0 Å². The van der Waals surface area contributed by atoms with Gasteiger partial charge in [-0.2, -0.15) is 0 Å². The van der Waals surface area contributed by atoms with E-state index >= 15 is 0 Å². The predicted molar refractivity (Wildman–Crippen MR) is 60.5 cm³/mol. The third kappa shape index (κ3) is 2.79. The summed E-state index contributed by atoms with van der Waals surface area (Å²) in [4.78, 5) is 7.23. The van der Waals surface area contributed by atoms with Gasteiger partial charge in [0.1, 0.15) is 0 Å². The predicted octanol–water partition coefficient (Wildman–Crippen LogP) is 1.36. The maximum atomic E-state index is 9.95. The second-order valence-corrected chi connectivity index (χ2v) is 5.01. The molecule has 0 atom stereocenters. The fourth-order valence-electron chi connectivity index (χ4n) is 1.09. The minimum Gasteiger partial charge on any atom is -0.389 e. The Bertz CT molecular complexity index is 323. The quantitative estimate of drug-likeness (QED) is 0.704. The van der Waals surface area contributed by atoms with Crippen molar-refractivity contribution in [1.29, 1.82) is 0 Å². The zero-order valence-corrected chi connectivity index (χ0v) is 10.2.